The zero-order chi connectivity index (χ0) is 10.1. The van der Waals surface area contributed by atoms with E-state index < -0.39 is 0 Å². The second kappa shape index (κ2) is 7.05. The van der Waals surface area contributed by atoms with E-state index in [9.17, 15) is 0 Å². The summed E-state index contributed by atoms with van der Waals surface area (Å²) in [6, 6.07) is 6.18. The van der Waals surface area contributed by atoms with E-state index in [0.29, 0.717) is 6.42 Å². The fourth-order valence-corrected chi connectivity index (χ4v) is 1.20. The summed E-state index contributed by atoms with van der Waals surface area (Å²) >= 11 is 0. The number of hydrogen-bond acceptors (Lipinski definition) is 3. The molecule has 0 aliphatic heterocycles. The fourth-order valence-electron chi connectivity index (χ4n) is 1.20. The Morgan fingerprint density at radius 3 is 2.79 bits per heavy atom. The Labute approximate surface area is 84.8 Å². The van der Waals surface area contributed by atoms with Gasteiger partial charge in [0, 0.05) is 18.8 Å². The Hall–Kier alpha value is -1.40. The number of hydrogen-bond donors (Lipinski definition) is 1. The first-order valence-corrected chi connectivity index (χ1v) is 4.90. The van der Waals surface area contributed by atoms with E-state index in [0.717, 1.165) is 25.9 Å². The molecule has 0 saturated carbocycles. The van der Waals surface area contributed by atoms with Crippen LogP contribution < -0.4 is 5.32 Å². The van der Waals surface area contributed by atoms with E-state index in [-0.39, 0.29) is 0 Å². The summed E-state index contributed by atoms with van der Waals surface area (Å²) in [4.78, 5) is 3.96. The van der Waals surface area contributed by atoms with Gasteiger partial charge in [0.1, 0.15) is 0 Å². The maximum absolute atomic E-state index is 8.32. The number of nitrogens with zero attached hydrogens (tertiary/aromatic N) is 2. The van der Waals surface area contributed by atoms with Crippen molar-refractivity contribution in [2.75, 3.05) is 13.1 Å². The van der Waals surface area contributed by atoms with Crippen LogP contribution in [0.2, 0.25) is 0 Å². The van der Waals surface area contributed by atoms with Gasteiger partial charge >= 0.3 is 0 Å². The van der Waals surface area contributed by atoms with Crippen LogP contribution in [0.3, 0.4) is 0 Å². The molecule has 0 aliphatic carbocycles. The predicted molar refractivity (Wildman–Crippen MR) is 55.7 cm³/mol. The van der Waals surface area contributed by atoms with Gasteiger partial charge in [-0.25, -0.2) is 0 Å². The molecule has 0 spiro atoms. The third-order valence-corrected chi connectivity index (χ3v) is 1.98. The lowest BCUT2D eigenvalue weighted by molar-refractivity contribution is 0.655. The fraction of sp³-hybridized carbons (Fsp3) is 0.455. The minimum Gasteiger partial charge on any atom is -0.316 e. The van der Waals surface area contributed by atoms with E-state index in [1.54, 1.807) is 0 Å². The van der Waals surface area contributed by atoms with Crippen LogP contribution in [0.4, 0.5) is 0 Å². The maximum Gasteiger partial charge on any atom is 0.0622 e. The smallest absolute Gasteiger partial charge is 0.0622 e. The number of aromatic nitrogens is 1. The molecule has 0 unspecified atom stereocenters. The predicted octanol–water partition coefficient (Wildman–Crippen LogP) is 1.52. The van der Waals surface area contributed by atoms with Crippen molar-refractivity contribution in [2.45, 2.75) is 19.3 Å². The average Bonchev–Trinajstić information content (AvgIpc) is 2.25. The van der Waals surface area contributed by atoms with Crippen LogP contribution in [0, 0.1) is 11.3 Å². The van der Waals surface area contributed by atoms with Crippen LogP contribution in [-0.2, 0) is 6.42 Å². The minimum atomic E-state index is 0.641. The second-order valence-corrected chi connectivity index (χ2v) is 3.12. The Bertz CT molecular complexity index is 276. The van der Waals surface area contributed by atoms with Crippen molar-refractivity contribution >= 4 is 0 Å². The number of nitriles is 1. The van der Waals surface area contributed by atoms with Gasteiger partial charge in [-0.2, -0.15) is 5.26 Å². The molecule has 0 aliphatic rings. The largest absolute Gasteiger partial charge is 0.316 e. The van der Waals surface area contributed by atoms with Crippen LogP contribution >= 0.6 is 0 Å². The molecule has 0 amide bonds. The highest BCUT2D eigenvalue weighted by Gasteiger charge is 1.91. The van der Waals surface area contributed by atoms with Crippen molar-refractivity contribution in [3.8, 4) is 6.07 Å². The standard InChI is InChI=1S/C11H15N3/c12-6-1-2-7-13-8-3-11-4-9-14-10-5-11/h4-5,9-10,13H,1-3,7-8H2. The molecule has 1 rings (SSSR count). The van der Waals surface area contributed by atoms with Gasteiger partial charge in [0.05, 0.1) is 6.07 Å². The molecule has 0 radical (unpaired) electrons. The Morgan fingerprint density at radius 2 is 2.07 bits per heavy atom. The lowest BCUT2D eigenvalue weighted by Gasteiger charge is -2.02. The van der Waals surface area contributed by atoms with Gasteiger partial charge in [0.15, 0.2) is 0 Å². The molecule has 1 aromatic heterocycles. The minimum absolute atomic E-state index is 0.641. The quantitative estimate of drug-likeness (QED) is 0.690. The molecule has 1 heterocycles. The first kappa shape index (κ1) is 10.7. The first-order chi connectivity index (χ1) is 6.93. The number of unbranched alkanes of at least 4 members (excludes halogenated alkanes) is 1. The molecular formula is C11H15N3. The number of nitrogens with one attached hydrogen (secondary N) is 1. The lowest BCUT2D eigenvalue weighted by atomic mass is 10.2. The average molecular weight is 189 g/mol. The molecule has 74 valence electrons. The molecule has 0 bridgehead atoms. The molecule has 3 heteroatoms. The molecule has 3 nitrogen and oxygen atoms in total. The number of pyridine rings is 1. The van der Waals surface area contributed by atoms with E-state index in [1.165, 1.54) is 5.56 Å². The Balaban J connectivity index is 2.03. The third-order valence-electron chi connectivity index (χ3n) is 1.98. The van der Waals surface area contributed by atoms with Crippen molar-refractivity contribution in [3.05, 3.63) is 30.1 Å². The summed E-state index contributed by atoms with van der Waals surface area (Å²) in [6.45, 7) is 1.90. The molecule has 14 heavy (non-hydrogen) atoms. The van der Waals surface area contributed by atoms with Gasteiger partial charge < -0.3 is 5.32 Å². The van der Waals surface area contributed by atoms with Crippen LogP contribution in [0.15, 0.2) is 24.5 Å². The summed E-state index contributed by atoms with van der Waals surface area (Å²) in [7, 11) is 0. The highest BCUT2D eigenvalue weighted by Crippen LogP contribution is 1.95. The van der Waals surface area contributed by atoms with E-state index in [4.69, 9.17) is 5.26 Å². The molecular weight excluding hydrogens is 174 g/mol. The molecule has 0 aromatic carbocycles. The monoisotopic (exact) mass is 189 g/mol. The van der Waals surface area contributed by atoms with Gasteiger partial charge in [-0.05, 0) is 43.6 Å². The van der Waals surface area contributed by atoms with Crippen molar-refractivity contribution in [3.63, 3.8) is 0 Å². The summed E-state index contributed by atoms with van der Waals surface area (Å²) in [6.07, 6.45) is 6.22. The lowest BCUT2D eigenvalue weighted by Crippen LogP contribution is -2.18. The molecule has 0 atom stereocenters. The van der Waals surface area contributed by atoms with E-state index >= 15 is 0 Å². The van der Waals surface area contributed by atoms with Crippen LogP contribution in [0.1, 0.15) is 18.4 Å². The Kier molecular flexibility index (Phi) is 5.38. The first-order valence-electron chi connectivity index (χ1n) is 4.90. The van der Waals surface area contributed by atoms with Crippen molar-refractivity contribution in [2.24, 2.45) is 0 Å². The molecule has 0 saturated heterocycles. The molecule has 1 aromatic rings. The summed E-state index contributed by atoms with van der Waals surface area (Å²) < 4.78 is 0. The second-order valence-electron chi connectivity index (χ2n) is 3.12. The van der Waals surface area contributed by atoms with E-state index in [2.05, 4.69) is 16.4 Å². The van der Waals surface area contributed by atoms with Crippen LogP contribution in [0.25, 0.3) is 0 Å². The molecule has 0 fully saturated rings. The molecule has 1 N–H and O–H groups in total. The van der Waals surface area contributed by atoms with Crippen LogP contribution in [0.5, 0.6) is 0 Å². The number of rotatable bonds is 6. The van der Waals surface area contributed by atoms with Gasteiger partial charge in [-0.1, -0.05) is 0 Å². The van der Waals surface area contributed by atoms with E-state index in [1.807, 2.05) is 24.5 Å². The topological polar surface area (TPSA) is 48.7 Å². The SMILES string of the molecule is N#CCCCNCCc1ccncc1. The van der Waals surface area contributed by atoms with Crippen molar-refractivity contribution < 1.29 is 0 Å². The zero-order valence-corrected chi connectivity index (χ0v) is 8.24. The third kappa shape index (κ3) is 4.58. The van der Waals surface area contributed by atoms with Crippen LogP contribution in [-0.4, -0.2) is 18.1 Å². The van der Waals surface area contributed by atoms with Crippen molar-refractivity contribution in [1.82, 2.24) is 10.3 Å². The maximum atomic E-state index is 8.32. The normalized spacial score (nSPS) is 9.64. The highest BCUT2D eigenvalue weighted by molar-refractivity contribution is 5.09. The van der Waals surface area contributed by atoms with Gasteiger partial charge in [-0.15, -0.1) is 0 Å². The highest BCUT2D eigenvalue weighted by atomic mass is 14.8. The van der Waals surface area contributed by atoms with Gasteiger partial charge in [0.25, 0.3) is 0 Å². The summed E-state index contributed by atoms with van der Waals surface area (Å²) in [5.41, 5.74) is 1.30. The summed E-state index contributed by atoms with van der Waals surface area (Å²) in [5.74, 6) is 0. The van der Waals surface area contributed by atoms with Gasteiger partial charge in [0.2, 0.25) is 0 Å². The van der Waals surface area contributed by atoms with Crippen molar-refractivity contribution in [1.29, 1.82) is 5.26 Å². The zero-order valence-electron chi connectivity index (χ0n) is 8.24. The Morgan fingerprint density at radius 1 is 1.29 bits per heavy atom. The van der Waals surface area contributed by atoms with Gasteiger partial charge in [-0.3, -0.25) is 4.98 Å². The summed E-state index contributed by atoms with van der Waals surface area (Å²) in [5, 5.41) is 11.6.